The third-order valence-electron chi connectivity index (χ3n) is 4.02. The molecule has 0 aliphatic carbocycles. The van der Waals surface area contributed by atoms with Crippen molar-refractivity contribution in [2.45, 2.75) is 6.54 Å². The Labute approximate surface area is 156 Å². The standard InChI is InChI=1S/C19H19ClN2O4/c1-24-16-9-12(10-17(25-2)19(16)26-3)21-18(23)11-22-8-7-13-14(20)5-4-6-15(13)22/h4-10H,11H2,1-3H3,(H,21,23). The quantitative estimate of drug-likeness (QED) is 0.709. The summed E-state index contributed by atoms with van der Waals surface area (Å²) in [5.74, 6) is 1.23. The Morgan fingerprint density at radius 1 is 1.08 bits per heavy atom. The van der Waals surface area contributed by atoms with Crippen molar-refractivity contribution in [1.29, 1.82) is 0 Å². The number of fused-ring (bicyclic) bond motifs is 1. The number of rotatable bonds is 6. The van der Waals surface area contributed by atoms with Gasteiger partial charge >= 0.3 is 0 Å². The van der Waals surface area contributed by atoms with Crippen molar-refractivity contribution in [3.8, 4) is 17.2 Å². The van der Waals surface area contributed by atoms with Gasteiger partial charge in [0.2, 0.25) is 11.7 Å². The molecule has 2 aromatic carbocycles. The van der Waals surface area contributed by atoms with E-state index in [1.54, 1.807) is 12.1 Å². The molecule has 1 N–H and O–H groups in total. The molecule has 1 heterocycles. The molecular weight excluding hydrogens is 356 g/mol. The molecule has 0 aliphatic rings. The summed E-state index contributed by atoms with van der Waals surface area (Å²) in [7, 11) is 4.58. The molecule has 0 bridgehead atoms. The van der Waals surface area contributed by atoms with E-state index in [2.05, 4.69) is 5.32 Å². The average Bonchev–Trinajstić information content (AvgIpc) is 3.05. The van der Waals surface area contributed by atoms with E-state index < -0.39 is 0 Å². The lowest BCUT2D eigenvalue weighted by Crippen LogP contribution is -2.18. The van der Waals surface area contributed by atoms with Crippen LogP contribution in [0.1, 0.15) is 0 Å². The number of carbonyl (C=O) groups excluding carboxylic acids is 1. The fraction of sp³-hybridized carbons (Fsp3) is 0.211. The molecule has 1 aromatic heterocycles. The summed E-state index contributed by atoms with van der Waals surface area (Å²) < 4.78 is 17.7. The largest absolute Gasteiger partial charge is 0.493 e. The highest BCUT2D eigenvalue weighted by molar-refractivity contribution is 6.35. The minimum absolute atomic E-state index is 0.153. The number of anilines is 1. The van der Waals surface area contributed by atoms with Gasteiger partial charge in [-0.25, -0.2) is 0 Å². The maximum Gasteiger partial charge on any atom is 0.244 e. The fourth-order valence-electron chi connectivity index (χ4n) is 2.83. The number of methoxy groups -OCH3 is 3. The first kappa shape index (κ1) is 17.9. The molecule has 136 valence electrons. The molecule has 0 radical (unpaired) electrons. The number of nitrogens with one attached hydrogen (secondary N) is 1. The summed E-state index contributed by atoms with van der Waals surface area (Å²) in [5, 5.41) is 4.42. The predicted molar refractivity (Wildman–Crippen MR) is 102 cm³/mol. The Morgan fingerprint density at radius 2 is 1.77 bits per heavy atom. The van der Waals surface area contributed by atoms with E-state index in [4.69, 9.17) is 25.8 Å². The number of carbonyl (C=O) groups is 1. The predicted octanol–water partition coefficient (Wildman–Crippen LogP) is 3.96. The summed E-state index contributed by atoms with van der Waals surface area (Å²) in [6.45, 7) is 0.153. The van der Waals surface area contributed by atoms with Crippen LogP contribution in [0.15, 0.2) is 42.6 Å². The van der Waals surface area contributed by atoms with Crippen LogP contribution < -0.4 is 19.5 Å². The maximum atomic E-state index is 12.5. The lowest BCUT2D eigenvalue weighted by molar-refractivity contribution is -0.116. The molecule has 0 unspecified atom stereocenters. The van der Waals surface area contributed by atoms with Crippen LogP contribution >= 0.6 is 11.6 Å². The first-order valence-corrected chi connectivity index (χ1v) is 8.28. The molecule has 0 fully saturated rings. The molecule has 3 aromatic rings. The van der Waals surface area contributed by atoms with Crippen LogP contribution in [0.25, 0.3) is 10.9 Å². The highest BCUT2D eigenvalue weighted by Gasteiger charge is 2.15. The Morgan fingerprint density at radius 3 is 2.38 bits per heavy atom. The Bertz CT molecular complexity index is 927. The van der Waals surface area contributed by atoms with Gasteiger partial charge in [0.25, 0.3) is 0 Å². The highest BCUT2D eigenvalue weighted by atomic mass is 35.5. The van der Waals surface area contributed by atoms with E-state index in [0.29, 0.717) is 28.0 Å². The van der Waals surface area contributed by atoms with Crippen LogP contribution in [0.4, 0.5) is 5.69 Å². The molecule has 0 atom stereocenters. The second kappa shape index (κ2) is 7.58. The first-order valence-electron chi connectivity index (χ1n) is 7.90. The van der Waals surface area contributed by atoms with Gasteiger partial charge in [-0.1, -0.05) is 17.7 Å². The number of halogens is 1. The zero-order valence-corrected chi connectivity index (χ0v) is 15.5. The molecule has 0 aliphatic heterocycles. The number of aromatic nitrogens is 1. The van der Waals surface area contributed by atoms with Crippen molar-refractivity contribution in [1.82, 2.24) is 4.57 Å². The van der Waals surface area contributed by atoms with Gasteiger partial charge < -0.3 is 24.1 Å². The van der Waals surface area contributed by atoms with Gasteiger partial charge in [-0.2, -0.15) is 0 Å². The summed E-state index contributed by atoms with van der Waals surface area (Å²) in [6.07, 6.45) is 1.84. The topological polar surface area (TPSA) is 61.7 Å². The van der Waals surface area contributed by atoms with E-state index in [1.807, 2.05) is 35.0 Å². The Kier molecular flexibility index (Phi) is 5.23. The normalized spacial score (nSPS) is 10.6. The zero-order chi connectivity index (χ0) is 18.7. The van der Waals surface area contributed by atoms with E-state index in [0.717, 1.165) is 10.9 Å². The monoisotopic (exact) mass is 374 g/mol. The molecular formula is C19H19ClN2O4. The SMILES string of the molecule is COc1cc(NC(=O)Cn2ccc3c(Cl)cccc32)cc(OC)c1OC. The maximum absolute atomic E-state index is 12.5. The summed E-state index contributed by atoms with van der Waals surface area (Å²) in [4.78, 5) is 12.5. The second-order valence-corrected chi connectivity index (χ2v) is 5.99. The van der Waals surface area contributed by atoms with Crippen LogP contribution in [0.5, 0.6) is 17.2 Å². The van der Waals surface area contributed by atoms with Gasteiger partial charge in [0.05, 0.1) is 21.3 Å². The van der Waals surface area contributed by atoms with Gasteiger partial charge in [-0.3, -0.25) is 4.79 Å². The van der Waals surface area contributed by atoms with Crippen LogP contribution in [0.2, 0.25) is 5.02 Å². The molecule has 0 saturated carbocycles. The molecule has 0 spiro atoms. The highest BCUT2D eigenvalue weighted by Crippen LogP contribution is 2.39. The number of amides is 1. The fourth-order valence-corrected chi connectivity index (χ4v) is 3.06. The van der Waals surface area contributed by atoms with Gasteiger partial charge in [0.1, 0.15) is 6.54 Å². The average molecular weight is 375 g/mol. The van der Waals surface area contributed by atoms with Crippen molar-refractivity contribution in [3.63, 3.8) is 0 Å². The van der Waals surface area contributed by atoms with Crippen LogP contribution in [0, 0.1) is 0 Å². The lowest BCUT2D eigenvalue weighted by Gasteiger charge is -2.15. The van der Waals surface area contributed by atoms with E-state index in [-0.39, 0.29) is 12.5 Å². The minimum Gasteiger partial charge on any atom is -0.493 e. The number of hydrogen-bond donors (Lipinski definition) is 1. The summed E-state index contributed by atoms with van der Waals surface area (Å²) in [5.41, 5.74) is 1.46. The molecule has 6 nitrogen and oxygen atoms in total. The molecule has 3 rings (SSSR count). The number of ether oxygens (including phenoxy) is 3. The number of hydrogen-bond acceptors (Lipinski definition) is 4. The van der Waals surface area contributed by atoms with E-state index in [1.165, 1.54) is 21.3 Å². The zero-order valence-electron chi connectivity index (χ0n) is 14.7. The van der Waals surface area contributed by atoms with Crippen molar-refractivity contribution in [3.05, 3.63) is 47.6 Å². The second-order valence-electron chi connectivity index (χ2n) is 5.58. The van der Waals surface area contributed by atoms with Gasteiger partial charge in [0.15, 0.2) is 11.5 Å². The third kappa shape index (κ3) is 3.41. The summed E-state index contributed by atoms with van der Waals surface area (Å²) in [6, 6.07) is 10.9. The van der Waals surface area contributed by atoms with Crippen LogP contribution in [-0.2, 0) is 11.3 Å². The van der Waals surface area contributed by atoms with Gasteiger partial charge in [-0.15, -0.1) is 0 Å². The lowest BCUT2D eigenvalue weighted by atomic mass is 10.2. The Hall–Kier alpha value is -2.86. The number of nitrogens with zero attached hydrogens (tertiary/aromatic N) is 1. The van der Waals surface area contributed by atoms with Gasteiger partial charge in [-0.05, 0) is 18.2 Å². The Balaban J connectivity index is 1.82. The third-order valence-corrected chi connectivity index (χ3v) is 4.35. The van der Waals surface area contributed by atoms with Crippen molar-refractivity contribution >= 4 is 34.1 Å². The van der Waals surface area contributed by atoms with Crippen molar-refractivity contribution < 1.29 is 19.0 Å². The molecule has 7 heteroatoms. The van der Waals surface area contributed by atoms with Crippen LogP contribution in [0.3, 0.4) is 0 Å². The van der Waals surface area contributed by atoms with Crippen molar-refractivity contribution in [2.24, 2.45) is 0 Å². The molecule has 1 amide bonds. The molecule has 26 heavy (non-hydrogen) atoms. The van der Waals surface area contributed by atoms with Crippen molar-refractivity contribution in [2.75, 3.05) is 26.6 Å². The minimum atomic E-state index is -0.184. The van der Waals surface area contributed by atoms with Crippen LogP contribution in [-0.4, -0.2) is 31.8 Å². The van der Waals surface area contributed by atoms with E-state index >= 15 is 0 Å². The van der Waals surface area contributed by atoms with Gasteiger partial charge in [0, 0.05) is 39.9 Å². The molecule has 0 saturated heterocycles. The smallest absolute Gasteiger partial charge is 0.244 e. The first-order chi connectivity index (χ1) is 12.6. The van der Waals surface area contributed by atoms with E-state index in [9.17, 15) is 4.79 Å². The number of benzene rings is 2. The summed E-state index contributed by atoms with van der Waals surface area (Å²) >= 11 is 6.18.